The van der Waals surface area contributed by atoms with E-state index in [9.17, 15) is 9.18 Å². The molecule has 5 heteroatoms. The molecule has 2 rings (SSSR count). The first-order chi connectivity index (χ1) is 11.1. The average molecular weight is 345 g/mol. The molecule has 0 spiro atoms. The van der Waals surface area contributed by atoms with Crippen LogP contribution in [0.15, 0.2) is 48.8 Å². The number of pyridine rings is 1. The van der Waals surface area contributed by atoms with Crippen molar-refractivity contribution in [3.8, 4) is 0 Å². The Balaban J connectivity index is 2.65. The Morgan fingerprint density at radius 3 is 1.96 bits per heavy atom. The summed E-state index contributed by atoms with van der Waals surface area (Å²) in [6, 6.07) is 9.46. The third-order valence-corrected chi connectivity index (χ3v) is 9.22. The van der Waals surface area contributed by atoms with Gasteiger partial charge in [-0.15, -0.1) is 0 Å². The lowest BCUT2D eigenvalue weighted by atomic mass is 9.88. The van der Waals surface area contributed by atoms with Crippen LogP contribution in [0.4, 0.5) is 4.39 Å². The smallest absolute Gasteiger partial charge is 0.194 e. The van der Waals surface area contributed by atoms with Crippen molar-refractivity contribution in [2.24, 2.45) is 0 Å². The van der Waals surface area contributed by atoms with E-state index in [1.807, 2.05) is 0 Å². The third-order valence-electron chi connectivity index (χ3n) is 4.77. The molecule has 0 saturated carbocycles. The van der Waals surface area contributed by atoms with E-state index in [0.717, 1.165) is 6.29 Å². The number of aromatic nitrogens is 1. The molecule has 0 radical (unpaired) electrons. The first-order valence-corrected chi connectivity index (χ1v) is 10.9. The van der Waals surface area contributed by atoms with E-state index in [4.69, 9.17) is 4.43 Å². The van der Waals surface area contributed by atoms with Gasteiger partial charge in [0.2, 0.25) is 0 Å². The van der Waals surface area contributed by atoms with E-state index in [0.29, 0.717) is 11.1 Å². The minimum Gasteiger partial charge on any atom is -0.398 e. The minimum absolute atomic E-state index is 0.0751. The molecule has 0 bridgehead atoms. The van der Waals surface area contributed by atoms with Gasteiger partial charge in [0.15, 0.2) is 20.2 Å². The molecule has 1 aromatic heterocycles. The quantitative estimate of drug-likeness (QED) is 0.583. The fraction of sp³-hybridized carbons (Fsp3) is 0.368. The summed E-state index contributed by atoms with van der Waals surface area (Å²) in [6.45, 7) is 10.5. The molecule has 128 valence electrons. The molecule has 0 amide bonds. The summed E-state index contributed by atoms with van der Waals surface area (Å²) in [5, 5.41) is -0.0751. The van der Waals surface area contributed by atoms with Crippen LogP contribution in [-0.2, 0) is 14.8 Å². The Hall–Kier alpha value is -1.85. The van der Waals surface area contributed by atoms with Gasteiger partial charge in [0, 0.05) is 12.4 Å². The van der Waals surface area contributed by atoms with Crippen molar-refractivity contribution >= 4 is 14.6 Å². The predicted molar refractivity (Wildman–Crippen MR) is 95.8 cm³/mol. The fourth-order valence-electron chi connectivity index (χ4n) is 2.30. The number of benzene rings is 1. The summed E-state index contributed by atoms with van der Waals surface area (Å²) in [7, 11) is -2.29. The fourth-order valence-corrected chi connectivity index (χ4v) is 3.69. The lowest BCUT2D eigenvalue weighted by Gasteiger charge is -2.43. The second kappa shape index (κ2) is 6.57. The van der Waals surface area contributed by atoms with Gasteiger partial charge < -0.3 is 4.43 Å². The van der Waals surface area contributed by atoms with Crippen LogP contribution in [0.25, 0.3) is 0 Å². The summed E-state index contributed by atoms with van der Waals surface area (Å²) < 4.78 is 19.9. The molecule has 0 aliphatic heterocycles. The lowest BCUT2D eigenvalue weighted by molar-refractivity contribution is -0.120. The predicted octanol–water partition coefficient (Wildman–Crippen LogP) is 4.69. The van der Waals surface area contributed by atoms with Crippen LogP contribution < -0.4 is 0 Å². The Morgan fingerprint density at radius 1 is 1.00 bits per heavy atom. The summed E-state index contributed by atoms with van der Waals surface area (Å²) in [6.07, 6.45) is 4.08. The van der Waals surface area contributed by atoms with Crippen LogP contribution in [0.2, 0.25) is 18.1 Å². The Morgan fingerprint density at radius 2 is 1.50 bits per heavy atom. The summed E-state index contributed by atoms with van der Waals surface area (Å²) in [5.74, 6) is -0.347. The van der Waals surface area contributed by atoms with Gasteiger partial charge in [0.25, 0.3) is 0 Å². The maximum atomic E-state index is 13.4. The number of hydrogen-bond acceptors (Lipinski definition) is 3. The molecule has 3 nitrogen and oxygen atoms in total. The van der Waals surface area contributed by atoms with Crippen LogP contribution in [-0.4, -0.2) is 19.6 Å². The number of nitrogens with zero attached hydrogens (tertiary/aromatic N) is 1. The highest BCUT2D eigenvalue weighted by molar-refractivity contribution is 6.74. The number of carbonyl (C=O) groups is 1. The highest BCUT2D eigenvalue weighted by Gasteiger charge is 2.46. The minimum atomic E-state index is -2.29. The summed E-state index contributed by atoms with van der Waals surface area (Å²) in [5.41, 5.74) is 0.0541. The number of aldehydes is 1. The molecule has 0 N–H and O–H groups in total. The van der Waals surface area contributed by atoms with Gasteiger partial charge in [-0.05, 0) is 53.5 Å². The van der Waals surface area contributed by atoms with Crippen LogP contribution >= 0.6 is 0 Å². The van der Waals surface area contributed by atoms with Gasteiger partial charge in [0.1, 0.15) is 5.82 Å². The van der Waals surface area contributed by atoms with Crippen molar-refractivity contribution in [1.29, 1.82) is 0 Å². The maximum absolute atomic E-state index is 13.4. The zero-order valence-corrected chi connectivity index (χ0v) is 15.8. The molecule has 1 heterocycles. The standard InChI is InChI=1S/C19H24FNO2Si/c1-18(2,3)24(4,5)23-19(14-22,16-10-12-21-13-11-16)15-6-8-17(20)9-7-15/h6-14H,1-5H3. The SMILES string of the molecule is CC(C)(C)[Si](C)(C)OC(C=O)(c1ccncc1)c1ccc(F)cc1. The highest BCUT2D eigenvalue weighted by Crippen LogP contribution is 2.43. The average Bonchev–Trinajstić information content (AvgIpc) is 2.53. The van der Waals surface area contributed by atoms with Gasteiger partial charge in [-0.2, -0.15) is 0 Å². The van der Waals surface area contributed by atoms with E-state index in [1.165, 1.54) is 12.1 Å². The number of hydrogen-bond donors (Lipinski definition) is 0. The Bertz CT molecular complexity index is 696. The zero-order chi connectivity index (χ0) is 18.0. The molecule has 0 fully saturated rings. The molecule has 0 aliphatic rings. The van der Waals surface area contributed by atoms with E-state index in [1.54, 1.807) is 36.7 Å². The second-order valence-corrected chi connectivity index (χ2v) is 12.2. The molecule has 24 heavy (non-hydrogen) atoms. The van der Waals surface area contributed by atoms with Crippen LogP contribution in [0.5, 0.6) is 0 Å². The van der Waals surface area contributed by atoms with E-state index < -0.39 is 13.9 Å². The molecule has 2 aromatic rings. The van der Waals surface area contributed by atoms with Crippen LogP contribution in [0, 0.1) is 5.82 Å². The van der Waals surface area contributed by atoms with Gasteiger partial charge >= 0.3 is 0 Å². The third kappa shape index (κ3) is 3.47. The second-order valence-electron chi connectivity index (χ2n) is 7.46. The highest BCUT2D eigenvalue weighted by atomic mass is 28.4. The van der Waals surface area contributed by atoms with E-state index in [2.05, 4.69) is 38.8 Å². The largest absolute Gasteiger partial charge is 0.398 e. The van der Waals surface area contributed by atoms with Crippen molar-refractivity contribution in [3.63, 3.8) is 0 Å². The van der Waals surface area contributed by atoms with Gasteiger partial charge in [-0.1, -0.05) is 32.9 Å². The number of rotatable bonds is 5. The first kappa shape index (κ1) is 18.5. The summed E-state index contributed by atoms with van der Waals surface area (Å²) >= 11 is 0. The summed E-state index contributed by atoms with van der Waals surface area (Å²) in [4.78, 5) is 16.3. The van der Waals surface area contributed by atoms with Gasteiger partial charge in [-0.25, -0.2) is 4.39 Å². The van der Waals surface area contributed by atoms with Gasteiger partial charge in [0.05, 0.1) is 0 Å². The van der Waals surface area contributed by atoms with Crippen molar-refractivity contribution in [3.05, 3.63) is 65.7 Å². The van der Waals surface area contributed by atoms with Crippen LogP contribution in [0.3, 0.4) is 0 Å². The first-order valence-electron chi connectivity index (χ1n) is 7.95. The molecular formula is C19H24FNO2Si. The Kier molecular flexibility index (Phi) is 5.06. The molecule has 0 saturated heterocycles. The molecule has 0 aliphatic carbocycles. The maximum Gasteiger partial charge on any atom is 0.194 e. The molecule has 1 aromatic carbocycles. The van der Waals surface area contributed by atoms with Crippen molar-refractivity contribution in [1.82, 2.24) is 4.98 Å². The van der Waals surface area contributed by atoms with E-state index >= 15 is 0 Å². The van der Waals surface area contributed by atoms with E-state index in [-0.39, 0.29) is 10.9 Å². The lowest BCUT2D eigenvalue weighted by Crippen LogP contribution is -2.49. The molecule has 1 atom stereocenters. The monoisotopic (exact) mass is 345 g/mol. The van der Waals surface area contributed by atoms with Crippen molar-refractivity contribution in [2.75, 3.05) is 0 Å². The number of carbonyl (C=O) groups excluding carboxylic acids is 1. The normalized spacial score (nSPS) is 14.9. The molecule has 1 unspecified atom stereocenters. The Labute approximate surface area is 144 Å². The van der Waals surface area contributed by atoms with Crippen LogP contribution in [0.1, 0.15) is 31.9 Å². The van der Waals surface area contributed by atoms with Gasteiger partial charge in [-0.3, -0.25) is 9.78 Å². The molecular weight excluding hydrogens is 321 g/mol. The van der Waals surface area contributed by atoms with Crippen molar-refractivity contribution < 1.29 is 13.6 Å². The topological polar surface area (TPSA) is 39.2 Å². The number of halogens is 1. The van der Waals surface area contributed by atoms with Crippen molar-refractivity contribution in [2.45, 2.75) is 44.5 Å². The zero-order valence-electron chi connectivity index (χ0n) is 14.8.